The number of hydrogen-bond acceptors (Lipinski definition) is 6. The van der Waals surface area contributed by atoms with Crippen LogP contribution < -0.4 is 10.1 Å². The predicted molar refractivity (Wildman–Crippen MR) is 150 cm³/mol. The van der Waals surface area contributed by atoms with Crippen molar-refractivity contribution in [2.24, 2.45) is 4.99 Å². The highest BCUT2D eigenvalue weighted by atomic mass is 16.5. The van der Waals surface area contributed by atoms with Crippen molar-refractivity contribution >= 4 is 12.5 Å². The van der Waals surface area contributed by atoms with Crippen LogP contribution in [0, 0.1) is 0 Å². The minimum absolute atomic E-state index is 0.0743. The molecule has 0 saturated carbocycles. The number of benzene rings is 2. The van der Waals surface area contributed by atoms with Crippen LogP contribution in [0.15, 0.2) is 82.6 Å². The van der Waals surface area contributed by atoms with E-state index in [2.05, 4.69) is 47.4 Å². The first kappa shape index (κ1) is 29.0. The molecule has 0 aliphatic carbocycles. The van der Waals surface area contributed by atoms with Crippen LogP contribution in [0.4, 0.5) is 0 Å². The number of nitrogens with one attached hydrogen (secondary N) is 1. The molecule has 0 aliphatic rings. The van der Waals surface area contributed by atoms with E-state index in [0.29, 0.717) is 11.4 Å². The van der Waals surface area contributed by atoms with Gasteiger partial charge in [0, 0.05) is 45.0 Å². The molecule has 2 rings (SSSR count). The van der Waals surface area contributed by atoms with Crippen molar-refractivity contribution in [3.63, 3.8) is 0 Å². The Morgan fingerprint density at radius 1 is 1.08 bits per heavy atom. The summed E-state index contributed by atoms with van der Waals surface area (Å²) < 4.78 is 6.49. The standard InChI is InChI=1S/C30H42N4O2/c1-7-24(3)20-27(23-35)30(32-8-2)34(6)19-18-33(5)22-26-16-12-13-17-28(26)36-29(21-31-4)25-14-10-9-11-15-25/h8-17,20,23,29,31H,7,18-19,21-22H2,1-6H3/b24-20-,30-27-,32-8?. The zero-order valence-electron chi connectivity index (χ0n) is 22.7. The second-order valence-corrected chi connectivity index (χ2v) is 8.97. The number of likely N-dealkylation sites (N-methyl/N-ethyl adjacent to an activating group) is 3. The Bertz CT molecular complexity index is 1030. The van der Waals surface area contributed by atoms with Crippen molar-refractivity contribution in [2.45, 2.75) is 39.8 Å². The van der Waals surface area contributed by atoms with Gasteiger partial charge in [0.05, 0.1) is 5.57 Å². The fraction of sp³-hybridized carbons (Fsp3) is 0.400. The molecule has 0 amide bonds. The van der Waals surface area contributed by atoms with Gasteiger partial charge in [0.1, 0.15) is 17.7 Å². The molecule has 1 N–H and O–H groups in total. The number of aldehydes is 1. The number of allylic oxidation sites excluding steroid dienone is 3. The van der Waals surface area contributed by atoms with Crippen molar-refractivity contribution in [2.75, 3.05) is 40.8 Å². The van der Waals surface area contributed by atoms with E-state index in [0.717, 1.165) is 61.3 Å². The largest absolute Gasteiger partial charge is 0.484 e. The first-order valence-corrected chi connectivity index (χ1v) is 12.6. The highest BCUT2D eigenvalue weighted by Crippen LogP contribution is 2.26. The Balaban J connectivity index is 2.12. The maximum Gasteiger partial charge on any atom is 0.153 e. The van der Waals surface area contributed by atoms with Gasteiger partial charge >= 0.3 is 0 Å². The van der Waals surface area contributed by atoms with Crippen molar-refractivity contribution in [3.8, 4) is 5.75 Å². The molecule has 0 bridgehead atoms. The van der Waals surface area contributed by atoms with E-state index in [-0.39, 0.29) is 6.10 Å². The first-order chi connectivity index (χ1) is 17.4. The second kappa shape index (κ2) is 15.7. The number of carbonyl (C=O) groups excluding carboxylic acids is 1. The van der Waals surface area contributed by atoms with Crippen LogP contribution in [0.3, 0.4) is 0 Å². The summed E-state index contributed by atoms with van der Waals surface area (Å²) in [5.41, 5.74) is 4.03. The molecule has 1 atom stereocenters. The zero-order valence-corrected chi connectivity index (χ0v) is 22.7. The SMILES string of the molecule is CC=N/C(=C(C=O)\C=C(\C)CC)N(C)CCN(C)Cc1ccccc1OC(CNC)c1ccccc1. The molecule has 0 heterocycles. The highest BCUT2D eigenvalue weighted by molar-refractivity contribution is 5.79. The van der Waals surface area contributed by atoms with Crippen molar-refractivity contribution in [3.05, 3.63) is 88.8 Å². The summed E-state index contributed by atoms with van der Waals surface area (Å²) in [6.07, 6.45) is 5.38. The highest BCUT2D eigenvalue weighted by Gasteiger charge is 2.16. The summed E-state index contributed by atoms with van der Waals surface area (Å²) in [5.74, 6) is 1.58. The average molecular weight is 491 g/mol. The molecule has 0 spiro atoms. The lowest BCUT2D eigenvalue weighted by molar-refractivity contribution is -0.104. The molecule has 0 radical (unpaired) electrons. The van der Waals surface area contributed by atoms with Gasteiger partial charge in [-0.2, -0.15) is 0 Å². The zero-order chi connectivity index (χ0) is 26.3. The van der Waals surface area contributed by atoms with E-state index < -0.39 is 0 Å². The van der Waals surface area contributed by atoms with Crippen molar-refractivity contribution in [1.29, 1.82) is 0 Å². The van der Waals surface area contributed by atoms with Gasteiger partial charge in [-0.25, -0.2) is 4.99 Å². The van der Waals surface area contributed by atoms with Crippen LogP contribution in [0.2, 0.25) is 0 Å². The first-order valence-electron chi connectivity index (χ1n) is 12.6. The number of nitrogens with zero attached hydrogens (tertiary/aromatic N) is 3. The van der Waals surface area contributed by atoms with Crippen LogP contribution in [-0.2, 0) is 11.3 Å². The number of carbonyl (C=O) groups is 1. The minimum atomic E-state index is -0.0743. The summed E-state index contributed by atoms with van der Waals surface area (Å²) in [7, 11) is 6.02. The molecule has 0 saturated heterocycles. The van der Waals surface area contributed by atoms with E-state index in [1.807, 2.05) is 75.3 Å². The molecule has 0 aromatic heterocycles. The third-order valence-corrected chi connectivity index (χ3v) is 6.02. The van der Waals surface area contributed by atoms with E-state index in [4.69, 9.17) is 4.74 Å². The van der Waals surface area contributed by atoms with Gasteiger partial charge in [-0.15, -0.1) is 0 Å². The van der Waals surface area contributed by atoms with Gasteiger partial charge in [0.25, 0.3) is 0 Å². The molecule has 0 fully saturated rings. The predicted octanol–water partition coefficient (Wildman–Crippen LogP) is 5.25. The van der Waals surface area contributed by atoms with E-state index >= 15 is 0 Å². The molecule has 6 heteroatoms. The normalized spacial score (nSPS) is 13.6. The Morgan fingerprint density at radius 2 is 1.78 bits per heavy atom. The minimum Gasteiger partial charge on any atom is -0.484 e. The Morgan fingerprint density at radius 3 is 2.42 bits per heavy atom. The fourth-order valence-electron chi connectivity index (χ4n) is 3.81. The summed E-state index contributed by atoms with van der Waals surface area (Å²) in [4.78, 5) is 20.6. The monoisotopic (exact) mass is 490 g/mol. The Labute approximate surface area is 217 Å². The lowest BCUT2D eigenvalue weighted by Crippen LogP contribution is -2.30. The van der Waals surface area contributed by atoms with Gasteiger partial charge in [0.2, 0.25) is 0 Å². The second-order valence-electron chi connectivity index (χ2n) is 8.97. The lowest BCUT2D eigenvalue weighted by Gasteiger charge is -2.26. The van der Waals surface area contributed by atoms with Crippen LogP contribution in [0.1, 0.15) is 44.4 Å². The number of hydrogen-bond donors (Lipinski definition) is 1. The Hall–Kier alpha value is -3.22. The van der Waals surface area contributed by atoms with E-state index in [1.165, 1.54) is 0 Å². The molecule has 2 aromatic rings. The molecule has 2 aromatic carbocycles. The fourth-order valence-corrected chi connectivity index (χ4v) is 3.81. The van der Waals surface area contributed by atoms with Gasteiger partial charge in [-0.3, -0.25) is 4.79 Å². The van der Waals surface area contributed by atoms with Crippen molar-refractivity contribution in [1.82, 2.24) is 15.1 Å². The van der Waals surface area contributed by atoms with Gasteiger partial charge in [-0.1, -0.05) is 61.0 Å². The van der Waals surface area contributed by atoms with Crippen LogP contribution in [0.5, 0.6) is 5.75 Å². The number of ether oxygens (including phenoxy) is 1. The number of para-hydroxylation sites is 1. The summed E-state index contributed by atoms with van der Waals surface area (Å²) in [6.45, 7) is 8.98. The third-order valence-electron chi connectivity index (χ3n) is 6.02. The quantitative estimate of drug-likeness (QED) is 0.160. The lowest BCUT2D eigenvalue weighted by atomic mass is 10.1. The van der Waals surface area contributed by atoms with Crippen LogP contribution in [0.25, 0.3) is 0 Å². The Kier molecular flexibility index (Phi) is 12.7. The van der Waals surface area contributed by atoms with Gasteiger partial charge in [0.15, 0.2) is 6.29 Å². The molecular formula is C30H42N4O2. The smallest absolute Gasteiger partial charge is 0.153 e. The van der Waals surface area contributed by atoms with E-state index in [1.54, 1.807) is 6.21 Å². The summed E-state index contributed by atoms with van der Waals surface area (Å²) in [6, 6.07) is 18.5. The topological polar surface area (TPSA) is 57.2 Å². The molecule has 0 aliphatic heterocycles. The van der Waals surface area contributed by atoms with Crippen LogP contribution in [-0.4, -0.2) is 63.1 Å². The van der Waals surface area contributed by atoms with Gasteiger partial charge < -0.3 is 19.9 Å². The third kappa shape index (κ3) is 9.10. The maximum absolute atomic E-state index is 11.8. The molecule has 194 valence electrons. The van der Waals surface area contributed by atoms with Crippen LogP contribution >= 0.6 is 0 Å². The average Bonchev–Trinajstić information content (AvgIpc) is 2.90. The van der Waals surface area contributed by atoms with E-state index in [9.17, 15) is 4.79 Å². The summed E-state index contributed by atoms with van der Waals surface area (Å²) in [5, 5.41) is 3.24. The van der Waals surface area contributed by atoms with Gasteiger partial charge in [-0.05, 0) is 52.1 Å². The molecule has 6 nitrogen and oxygen atoms in total. The maximum atomic E-state index is 11.8. The summed E-state index contributed by atoms with van der Waals surface area (Å²) >= 11 is 0. The molecule has 36 heavy (non-hydrogen) atoms. The van der Waals surface area contributed by atoms with Crippen molar-refractivity contribution < 1.29 is 9.53 Å². The molecule has 1 unspecified atom stereocenters. The number of rotatable bonds is 15. The number of aliphatic imine (C=N–C) groups is 1. The molecular weight excluding hydrogens is 448 g/mol.